The average Bonchev–Trinajstić information content (AvgIpc) is 3.04. The third-order valence-corrected chi connectivity index (χ3v) is 4.99. The molecule has 1 unspecified atom stereocenters. The standard InChI is InChI=1S/C17H28N4O/c22-16(14-20-10-4-2-1-3-5-11-20)21-12-6-7-15(13-21)17-18-8-9-19-17/h8-9,15H,1-7,10-14H2,(H,18,19). The van der Waals surface area contributed by atoms with Gasteiger partial charge in [-0.15, -0.1) is 0 Å². The highest BCUT2D eigenvalue weighted by atomic mass is 16.2. The van der Waals surface area contributed by atoms with Gasteiger partial charge in [0.2, 0.25) is 5.91 Å². The normalized spacial score (nSPS) is 24.7. The fourth-order valence-corrected chi connectivity index (χ4v) is 3.69. The van der Waals surface area contributed by atoms with Crippen molar-refractivity contribution >= 4 is 5.91 Å². The van der Waals surface area contributed by atoms with Crippen LogP contribution >= 0.6 is 0 Å². The van der Waals surface area contributed by atoms with E-state index in [0.29, 0.717) is 18.4 Å². The monoisotopic (exact) mass is 304 g/mol. The summed E-state index contributed by atoms with van der Waals surface area (Å²) >= 11 is 0. The van der Waals surface area contributed by atoms with Gasteiger partial charge in [0.15, 0.2) is 0 Å². The summed E-state index contributed by atoms with van der Waals surface area (Å²) < 4.78 is 0. The Morgan fingerprint density at radius 3 is 2.64 bits per heavy atom. The van der Waals surface area contributed by atoms with Gasteiger partial charge in [0.25, 0.3) is 0 Å². The third-order valence-electron chi connectivity index (χ3n) is 4.99. The number of aromatic amines is 1. The summed E-state index contributed by atoms with van der Waals surface area (Å²) in [5, 5.41) is 0. The summed E-state index contributed by atoms with van der Waals surface area (Å²) in [7, 11) is 0. The van der Waals surface area contributed by atoms with Crippen molar-refractivity contribution in [3.8, 4) is 0 Å². The minimum absolute atomic E-state index is 0.303. The molecule has 1 amide bonds. The first-order valence-electron chi connectivity index (χ1n) is 8.82. The molecule has 3 heterocycles. The Hall–Kier alpha value is -1.36. The van der Waals surface area contributed by atoms with Gasteiger partial charge in [-0.1, -0.05) is 19.3 Å². The molecule has 5 heteroatoms. The van der Waals surface area contributed by atoms with Crippen LogP contribution in [0.5, 0.6) is 0 Å². The number of hydrogen-bond acceptors (Lipinski definition) is 3. The number of nitrogens with zero attached hydrogens (tertiary/aromatic N) is 3. The minimum atomic E-state index is 0.303. The second kappa shape index (κ2) is 7.77. The zero-order valence-corrected chi connectivity index (χ0v) is 13.5. The fraction of sp³-hybridized carbons (Fsp3) is 0.765. The van der Waals surface area contributed by atoms with Crippen molar-refractivity contribution in [2.24, 2.45) is 0 Å². The lowest BCUT2D eigenvalue weighted by Gasteiger charge is -2.34. The van der Waals surface area contributed by atoms with Crippen LogP contribution in [0.1, 0.15) is 56.7 Å². The van der Waals surface area contributed by atoms with Crippen molar-refractivity contribution in [2.45, 2.75) is 50.9 Å². The van der Waals surface area contributed by atoms with Gasteiger partial charge in [0.1, 0.15) is 5.82 Å². The number of likely N-dealkylation sites (tertiary alicyclic amines) is 2. The quantitative estimate of drug-likeness (QED) is 0.933. The second-order valence-corrected chi connectivity index (χ2v) is 6.70. The van der Waals surface area contributed by atoms with Crippen LogP contribution in [-0.2, 0) is 4.79 Å². The van der Waals surface area contributed by atoms with E-state index < -0.39 is 0 Å². The van der Waals surface area contributed by atoms with Gasteiger partial charge in [-0.3, -0.25) is 9.69 Å². The van der Waals surface area contributed by atoms with Crippen molar-refractivity contribution in [3.63, 3.8) is 0 Å². The Morgan fingerprint density at radius 1 is 1.14 bits per heavy atom. The molecule has 0 aliphatic carbocycles. The Kier molecular flexibility index (Phi) is 5.48. The lowest BCUT2D eigenvalue weighted by atomic mass is 9.97. The highest BCUT2D eigenvalue weighted by Crippen LogP contribution is 2.24. The van der Waals surface area contributed by atoms with Gasteiger partial charge in [0.05, 0.1) is 6.54 Å². The van der Waals surface area contributed by atoms with E-state index in [2.05, 4.69) is 19.8 Å². The smallest absolute Gasteiger partial charge is 0.236 e. The van der Waals surface area contributed by atoms with E-state index in [9.17, 15) is 4.79 Å². The molecule has 1 aromatic heterocycles. The van der Waals surface area contributed by atoms with E-state index in [4.69, 9.17) is 0 Å². The molecule has 0 spiro atoms. The number of aromatic nitrogens is 2. The number of piperidine rings is 1. The number of nitrogens with one attached hydrogen (secondary N) is 1. The van der Waals surface area contributed by atoms with Crippen molar-refractivity contribution in [1.29, 1.82) is 0 Å². The van der Waals surface area contributed by atoms with Crippen LogP contribution in [0.4, 0.5) is 0 Å². The summed E-state index contributed by atoms with van der Waals surface area (Å²) in [4.78, 5) is 24.6. The second-order valence-electron chi connectivity index (χ2n) is 6.70. The molecule has 0 saturated carbocycles. The third kappa shape index (κ3) is 4.09. The molecule has 2 saturated heterocycles. The van der Waals surface area contributed by atoms with Crippen molar-refractivity contribution in [2.75, 3.05) is 32.7 Å². The molecule has 5 nitrogen and oxygen atoms in total. The Morgan fingerprint density at radius 2 is 1.91 bits per heavy atom. The number of hydrogen-bond donors (Lipinski definition) is 1. The van der Waals surface area contributed by atoms with Crippen LogP contribution in [0.3, 0.4) is 0 Å². The first kappa shape index (κ1) is 15.5. The number of amides is 1. The number of H-pyrrole nitrogens is 1. The molecule has 1 aromatic rings. The maximum Gasteiger partial charge on any atom is 0.236 e. The molecule has 0 radical (unpaired) electrons. The van der Waals surface area contributed by atoms with Crippen molar-refractivity contribution in [1.82, 2.24) is 19.8 Å². The molecule has 0 bridgehead atoms. The average molecular weight is 304 g/mol. The van der Waals surface area contributed by atoms with Gasteiger partial charge in [0, 0.05) is 31.4 Å². The van der Waals surface area contributed by atoms with Crippen LogP contribution in [0.15, 0.2) is 12.4 Å². The fourth-order valence-electron chi connectivity index (χ4n) is 3.69. The number of carbonyl (C=O) groups excluding carboxylic acids is 1. The SMILES string of the molecule is O=C(CN1CCCCCCC1)N1CCCC(c2ncc[nH]2)C1. The number of carbonyl (C=O) groups is 1. The number of imidazole rings is 1. The van der Waals surface area contributed by atoms with Crippen molar-refractivity contribution < 1.29 is 4.79 Å². The van der Waals surface area contributed by atoms with Crippen LogP contribution in [0.25, 0.3) is 0 Å². The van der Waals surface area contributed by atoms with Gasteiger partial charge < -0.3 is 9.88 Å². The molecule has 1 N–H and O–H groups in total. The summed E-state index contributed by atoms with van der Waals surface area (Å²) in [6.07, 6.45) is 12.3. The van der Waals surface area contributed by atoms with Crippen LogP contribution in [0.2, 0.25) is 0 Å². The predicted molar refractivity (Wildman–Crippen MR) is 86.7 cm³/mol. The van der Waals surface area contributed by atoms with Gasteiger partial charge >= 0.3 is 0 Å². The molecule has 2 aliphatic heterocycles. The van der Waals surface area contributed by atoms with E-state index in [1.807, 2.05) is 6.20 Å². The molecule has 3 rings (SSSR count). The highest BCUT2D eigenvalue weighted by Gasteiger charge is 2.27. The topological polar surface area (TPSA) is 52.2 Å². The van der Waals surface area contributed by atoms with Gasteiger partial charge in [-0.25, -0.2) is 4.98 Å². The minimum Gasteiger partial charge on any atom is -0.348 e. The Labute approximate surface area is 133 Å². The van der Waals surface area contributed by atoms with Gasteiger partial charge in [-0.2, -0.15) is 0 Å². The zero-order chi connectivity index (χ0) is 15.2. The molecular weight excluding hydrogens is 276 g/mol. The highest BCUT2D eigenvalue weighted by molar-refractivity contribution is 5.78. The molecule has 2 fully saturated rings. The molecule has 1 atom stereocenters. The first-order valence-corrected chi connectivity index (χ1v) is 8.82. The summed E-state index contributed by atoms with van der Waals surface area (Å²) in [5.74, 6) is 1.71. The van der Waals surface area contributed by atoms with E-state index in [1.165, 1.54) is 32.1 Å². The molecule has 22 heavy (non-hydrogen) atoms. The lowest BCUT2D eigenvalue weighted by molar-refractivity contribution is -0.133. The number of rotatable bonds is 3. The maximum absolute atomic E-state index is 12.6. The maximum atomic E-state index is 12.6. The molecule has 0 aromatic carbocycles. The van der Waals surface area contributed by atoms with Gasteiger partial charge in [-0.05, 0) is 38.8 Å². The molecular formula is C17H28N4O. The van der Waals surface area contributed by atoms with E-state index in [1.54, 1.807) is 6.20 Å². The van der Waals surface area contributed by atoms with E-state index in [-0.39, 0.29) is 0 Å². The van der Waals surface area contributed by atoms with E-state index in [0.717, 1.165) is 44.8 Å². The molecule has 122 valence electrons. The molecule has 2 aliphatic rings. The summed E-state index contributed by atoms with van der Waals surface area (Å²) in [6, 6.07) is 0. The largest absolute Gasteiger partial charge is 0.348 e. The summed E-state index contributed by atoms with van der Waals surface area (Å²) in [6.45, 7) is 4.50. The predicted octanol–water partition coefficient (Wildman–Crippen LogP) is 2.38. The zero-order valence-electron chi connectivity index (χ0n) is 13.5. The van der Waals surface area contributed by atoms with Crippen molar-refractivity contribution in [3.05, 3.63) is 18.2 Å². The van der Waals surface area contributed by atoms with Crippen LogP contribution in [-0.4, -0.2) is 58.4 Å². The Bertz CT molecular complexity index is 451. The van der Waals surface area contributed by atoms with Crippen LogP contribution < -0.4 is 0 Å². The summed E-state index contributed by atoms with van der Waals surface area (Å²) in [5.41, 5.74) is 0. The van der Waals surface area contributed by atoms with Crippen LogP contribution in [0, 0.1) is 0 Å². The first-order chi connectivity index (χ1) is 10.8. The Balaban J connectivity index is 1.52. The lowest BCUT2D eigenvalue weighted by Crippen LogP contribution is -2.45. The van der Waals surface area contributed by atoms with E-state index >= 15 is 0 Å².